The normalized spacial score (nSPS) is 15.1. The number of hydrogen-bond donors (Lipinski definition) is 1. The zero-order valence-corrected chi connectivity index (χ0v) is 18.3. The van der Waals surface area contributed by atoms with Crippen LogP contribution in [0, 0.1) is 0 Å². The molecule has 1 aliphatic rings. The fourth-order valence-electron chi connectivity index (χ4n) is 3.18. The van der Waals surface area contributed by atoms with Gasteiger partial charge in [0, 0.05) is 18.8 Å². The van der Waals surface area contributed by atoms with Crippen molar-refractivity contribution in [2.45, 2.75) is 33.1 Å². The molecular weight excluding hydrogens is 378 g/mol. The van der Waals surface area contributed by atoms with Gasteiger partial charge in [-0.25, -0.2) is 5.43 Å². The predicted molar refractivity (Wildman–Crippen MR) is 120 cm³/mol. The molecule has 160 valence electrons. The highest BCUT2D eigenvalue weighted by Gasteiger charge is 2.13. The summed E-state index contributed by atoms with van der Waals surface area (Å²) in [6.07, 6.45) is 0. The lowest BCUT2D eigenvalue weighted by Gasteiger charge is -2.28. The average molecular weight is 410 g/mol. The molecule has 1 amide bonds. The maximum absolute atomic E-state index is 12.1. The summed E-state index contributed by atoms with van der Waals surface area (Å²) in [6.45, 7) is 11.6. The van der Waals surface area contributed by atoms with Crippen LogP contribution in [0.5, 0.6) is 5.75 Å². The first-order valence-corrected chi connectivity index (χ1v) is 10.3. The highest BCUT2D eigenvalue weighted by Crippen LogP contribution is 2.24. The van der Waals surface area contributed by atoms with Gasteiger partial charge >= 0.3 is 0 Å². The first kappa shape index (κ1) is 21.8. The molecule has 0 aliphatic carbocycles. The number of nitrogens with one attached hydrogen (secondary N) is 1. The van der Waals surface area contributed by atoms with E-state index in [2.05, 4.69) is 48.3 Å². The van der Waals surface area contributed by atoms with Gasteiger partial charge in [-0.15, -0.1) is 0 Å². The van der Waals surface area contributed by atoms with E-state index >= 15 is 0 Å². The molecule has 0 radical (unpaired) electrons. The number of hydrazone groups is 1. The maximum atomic E-state index is 12.1. The van der Waals surface area contributed by atoms with E-state index < -0.39 is 0 Å². The predicted octanol–water partition coefficient (Wildman–Crippen LogP) is 3.74. The highest BCUT2D eigenvalue weighted by molar-refractivity contribution is 5.99. The monoisotopic (exact) mass is 409 g/mol. The van der Waals surface area contributed by atoms with Crippen LogP contribution in [-0.2, 0) is 14.9 Å². The Morgan fingerprint density at radius 1 is 1.07 bits per heavy atom. The molecule has 0 unspecified atom stereocenters. The van der Waals surface area contributed by atoms with Gasteiger partial charge in [0.05, 0.1) is 18.9 Å². The van der Waals surface area contributed by atoms with Crippen molar-refractivity contribution in [3.05, 3.63) is 59.7 Å². The molecule has 1 saturated heterocycles. The summed E-state index contributed by atoms with van der Waals surface area (Å²) in [7, 11) is 0. The van der Waals surface area contributed by atoms with Crippen LogP contribution in [0.1, 0.15) is 38.8 Å². The van der Waals surface area contributed by atoms with Gasteiger partial charge in [0.2, 0.25) is 0 Å². The van der Waals surface area contributed by atoms with Crippen molar-refractivity contribution in [1.82, 2.24) is 5.43 Å². The average Bonchev–Trinajstić information content (AvgIpc) is 2.76. The minimum atomic E-state index is -0.292. The van der Waals surface area contributed by atoms with Crippen molar-refractivity contribution >= 4 is 17.3 Å². The first-order valence-electron chi connectivity index (χ1n) is 10.3. The third-order valence-corrected chi connectivity index (χ3v) is 5.10. The Balaban J connectivity index is 1.49. The minimum Gasteiger partial charge on any atom is -0.484 e. The molecule has 0 saturated carbocycles. The second kappa shape index (κ2) is 9.76. The van der Waals surface area contributed by atoms with E-state index in [0.29, 0.717) is 5.75 Å². The van der Waals surface area contributed by atoms with E-state index in [1.165, 1.54) is 11.3 Å². The molecule has 6 nitrogen and oxygen atoms in total. The quantitative estimate of drug-likeness (QED) is 0.583. The van der Waals surface area contributed by atoms with Crippen LogP contribution in [0.15, 0.2) is 53.6 Å². The van der Waals surface area contributed by atoms with Crippen molar-refractivity contribution in [3.63, 3.8) is 0 Å². The number of hydrogen-bond acceptors (Lipinski definition) is 5. The lowest BCUT2D eigenvalue weighted by atomic mass is 9.87. The zero-order chi connectivity index (χ0) is 21.6. The van der Waals surface area contributed by atoms with E-state index in [1.54, 1.807) is 0 Å². The summed E-state index contributed by atoms with van der Waals surface area (Å²) >= 11 is 0. The number of amides is 1. The third kappa shape index (κ3) is 6.07. The molecule has 3 rings (SSSR count). The third-order valence-electron chi connectivity index (χ3n) is 5.10. The Morgan fingerprint density at radius 3 is 2.30 bits per heavy atom. The van der Waals surface area contributed by atoms with E-state index in [4.69, 9.17) is 9.47 Å². The Bertz CT molecular complexity index is 862. The molecule has 30 heavy (non-hydrogen) atoms. The van der Waals surface area contributed by atoms with Crippen LogP contribution in [-0.4, -0.2) is 44.5 Å². The molecule has 1 heterocycles. The van der Waals surface area contributed by atoms with E-state index in [1.807, 2.05) is 43.3 Å². The minimum absolute atomic E-state index is 0.0817. The molecule has 2 aromatic rings. The van der Waals surface area contributed by atoms with Crippen LogP contribution < -0.4 is 15.1 Å². The fourth-order valence-corrected chi connectivity index (χ4v) is 3.18. The Morgan fingerprint density at radius 2 is 1.70 bits per heavy atom. The molecule has 1 N–H and O–H groups in total. The van der Waals surface area contributed by atoms with Crippen LogP contribution in [0.25, 0.3) is 0 Å². The second-order valence-corrected chi connectivity index (χ2v) is 8.44. The number of nitrogens with zero attached hydrogens (tertiary/aromatic N) is 2. The fraction of sp³-hybridized carbons (Fsp3) is 0.417. The summed E-state index contributed by atoms with van der Waals surface area (Å²) in [5, 5.41) is 4.20. The number of carbonyl (C=O) groups is 1. The molecule has 0 bridgehead atoms. The van der Waals surface area contributed by atoms with Crippen molar-refractivity contribution in [2.75, 3.05) is 37.8 Å². The molecule has 1 fully saturated rings. The van der Waals surface area contributed by atoms with Crippen molar-refractivity contribution in [1.29, 1.82) is 0 Å². The van der Waals surface area contributed by atoms with Gasteiger partial charge in [0.25, 0.3) is 5.91 Å². The largest absolute Gasteiger partial charge is 0.484 e. The van der Waals surface area contributed by atoms with Crippen molar-refractivity contribution in [3.8, 4) is 5.75 Å². The van der Waals surface area contributed by atoms with Crippen LogP contribution >= 0.6 is 0 Å². The Labute approximate surface area is 178 Å². The van der Waals surface area contributed by atoms with Crippen LogP contribution in [0.2, 0.25) is 0 Å². The molecule has 6 heteroatoms. The summed E-state index contributed by atoms with van der Waals surface area (Å²) in [4.78, 5) is 14.4. The van der Waals surface area contributed by atoms with Gasteiger partial charge in [-0.3, -0.25) is 4.79 Å². The lowest BCUT2D eigenvalue weighted by molar-refractivity contribution is -0.123. The van der Waals surface area contributed by atoms with E-state index in [0.717, 1.165) is 37.6 Å². The number of carbonyl (C=O) groups excluding carboxylic acids is 1. The SMILES string of the molecule is C/C(=N\NC(=O)COc1ccc(C(C)(C)C)cc1)c1ccc(N2CCOCC2)cc1. The van der Waals surface area contributed by atoms with Gasteiger partial charge in [0.15, 0.2) is 6.61 Å². The van der Waals surface area contributed by atoms with E-state index in [9.17, 15) is 4.79 Å². The molecule has 0 atom stereocenters. The number of morpholine rings is 1. The zero-order valence-electron chi connectivity index (χ0n) is 18.3. The van der Waals surface area contributed by atoms with Gasteiger partial charge < -0.3 is 14.4 Å². The van der Waals surface area contributed by atoms with Crippen molar-refractivity contribution in [2.24, 2.45) is 5.10 Å². The lowest BCUT2D eigenvalue weighted by Crippen LogP contribution is -2.36. The molecule has 2 aromatic carbocycles. The maximum Gasteiger partial charge on any atom is 0.277 e. The summed E-state index contributed by atoms with van der Waals surface area (Å²) in [6, 6.07) is 16.0. The Kier molecular flexibility index (Phi) is 7.11. The van der Waals surface area contributed by atoms with Gasteiger partial charge in [0.1, 0.15) is 5.75 Å². The summed E-state index contributed by atoms with van der Waals surface area (Å²) in [5.41, 5.74) is 6.75. The number of rotatable bonds is 6. The standard InChI is InChI=1S/C24H31N3O3/c1-18(19-5-9-21(10-6-19)27-13-15-29-16-14-27)25-26-23(28)17-30-22-11-7-20(8-12-22)24(2,3)4/h5-12H,13-17H2,1-4H3,(H,26,28)/b25-18+. The van der Waals surface area contributed by atoms with Crippen LogP contribution in [0.3, 0.4) is 0 Å². The summed E-state index contributed by atoms with van der Waals surface area (Å²) < 4.78 is 11.0. The number of anilines is 1. The topological polar surface area (TPSA) is 63.2 Å². The molecule has 1 aliphatic heterocycles. The van der Waals surface area contributed by atoms with E-state index in [-0.39, 0.29) is 17.9 Å². The first-order chi connectivity index (χ1) is 14.3. The van der Waals surface area contributed by atoms with Crippen LogP contribution in [0.4, 0.5) is 5.69 Å². The Hall–Kier alpha value is -2.86. The number of benzene rings is 2. The number of ether oxygens (including phenoxy) is 2. The second-order valence-electron chi connectivity index (χ2n) is 8.44. The van der Waals surface area contributed by atoms with Gasteiger partial charge in [-0.05, 0) is 47.7 Å². The van der Waals surface area contributed by atoms with Gasteiger partial charge in [-0.2, -0.15) is 5.10 Å². The molecule has 0 spiro atoms. The summed E-state index contributed by atoms with van der Waals surface area (Å²) in [5.74, 6) is 0.372. The van der Waals surface area contributed by atoms with Gasteiger partial charge in [-0.1, -0.05) is 45.0 Å². The highest BCUT2D eigenvalue weighted by atomic mass is 16.5. The smallest absolute Gasteiger partial charge is 0.277 e. The molecular formula is C24H31N3O3. The molecule has 0 aromatic heterocycles. The van der Waals surface area contributed by atoms with Crippen molar-refractivity contribution < 1.29 is 14.3 Å².